The number of anilines is 1. The third-order valence-electron chi connectivity index (χ3n) is 2.98. The third kappa shape index (κ3) is 3.70. The molecule has 0 aliphatic heterocycles. The van der Waals surface area contributed by atoms with Crippen LogP contribution >= 0.6 is 0 Å². The number of aldehydes is 1. The molecule has 22 heavy (non-hydrogen) atoms. The summed E-state index contributed by atoms with van der Waals surface area (Å²) in [5.74, 6) is 0.0556. The van der Waals surface area contributed by atoms with Gasteiger partial charge in [0.25, 0.3) is 5.91 Å². The smallest absolute Gasteiger partial charge is 0.265 e. The summed E-state index contributed by atoms with van der Waals surface area (Å²) in [7, 11) is 0. The number of nitriles is 1. The van der Waals surface area contributed by atoms with Crippen molar-refractivity contribution in [3.8, 4) is 11.8 Å². The van der Waals surface area contributed by atoms with E-state index < -0.39 is 6.10 Å². The van der Waals surface area contributed by atoms with Gasteiger partial charge >= 0.3 is 0 Å². The first-order valence-corrected chi connectivity index (χ1v) is 6.66. The predicted octanol–water partition coefficient (Wildman–Crippen LogP) is 2.78. The maximum absolute atomic E-state index is 12.1. The van der Waals surface area contributed by atoms with E-state index in [1.54, 1.807) is 55.5 Å². The second-order valence-electron chi connectivity index (χ2n) is 4.60. The Labute approximate surface area is 128 Å². The Morgan fingerprint density at radius 1 is 1.27 bits per heavy atom. The average molecular weight is 294 g/mol. The SMILES string of the molecule is C[C@H](Oc1cccc(C=O)c1)C(=O)Nc1ccccc1C#N. The van der Waals surface area contributed by atoms with Crippen LogP contribution in [-0.4, -0.2) is 18.3 Å². The van der Waals surface area contributed by atoms with E-state index in [0.29, 0.717) is 28.8 Å². The Bertz CT molecular complexity index is 735. The quantitative estimate of drug-likeness (QED) is 0.860. The van der Waals surface area contributed by atoms with Gasteiger partial charge in [-0.2, -0.15) is 5.26 Å². The van der Waals surface area contributed by atoms with Crippen LogP contribution in [0.2, 0.25) is 0 Å². The van der Waals surface area contributed by atoms with Crippen molar-refractivity contribution < 1.29 is 14.3 Å². The van der Waals surface area contributed by atoms with E-state index in [9.17, 15) is 9.59 Å². The van der Waals surface area contributed by atoms with Gasteiger partial charge in [-0.15, -0.1) is 0 Å². The number of benzene rings is 2. The minimum Gasteiger partial charge on any atom is -0.481 e. The average Bonchev–Trinajstić information content (AvgIpc) is 2.55. The van der Waals surface area contributed by atoms with Gasteiger partial charge in [0, 0.05) is 5.56 Å². The summed E-state index contributed by atoms with van der Waals surface area (Å²) in [5, 5.41) is 11.7. The maximum Gasteiger partial charge on any atom is 0.265 e. The van der Waals surface area contributed by atoms with E-state index in [1.165, 1.54) is 0 Å². The fraction of sp³-hybridized carbons (Fsp3) is 0.118. The fourth-order valence-electron chi connectivity index (χ4n) is 1.84. The number of ether oxygens (including phenoxy) is 1. The molecule has 2 aromatic carbocycles. The van der Waals surface area contributed by atoms with Crippen LogP contribution in [0.3, 0.4) is 0 Å². The lowest BCUT2D eigenvalue weighted by Gasteiger charge is -2.15. The highest BCUT2D eigenvalue weighted by atomic mass is 16.5. The van der Waals surface area contributed by atoms with Gasteiger partial charge in [0.05, 0.1) is 11.3 Å². The zero-order valence-electron chi connectivity index (χ0n) is 11.9. The number of para-hydroxylation sites is 1. The number of nitrogens with one attached hydrogen (secondary N) is 1. The van der Waals surface area contributed by atoms with Crippen LogP contribution in [0, 0.1) is 11.3 Å². The zero-order chi connectivity index (χ0) is 15.9. The van der Waals surface area contributed by atoms with Gasteiger partial charge in [0.2, 0.25) is 0 Å². The number of carbonyl (C=O) groups is 2. The molecule has 0 aliphatic rings. The molecule has 5 nitrogen and oxygen atoms in total. The number of hydrogen-bond donors (Lipinski definition) is 1. The van der Waals surface area contributed by atoms with Crippen molar-refractivity contribution in [3.05, 3.63) is 59.7 Å². The molecule has 0 aromatic heterocycles. The van der Waals surface area contributed by atoms with Gasteiger partial charge in [-0.25, -0.2) is 0 Å². The molecular weight excluding hydrogens is 280 g/mol. The topological polar surface area (TPSA) is 79.2 Å². The molecule has 0 aliphatic carbocycles. The third-order valence-corrected chi connectivity index (χ3v) is 2.98. The van der Waals surface area contributed by atoms with Crippen molar-refractivity contribution >= 4 is 17.9 Å². The minimum absolute atomic E-state index is 0.376. The molecule has 2 aromatic rings. The summed E-state index contributed by atoms with van der Waals surface area (Å²) >= 11 is 0. The van der Waals surface area contributed by atoms with Crippen molar-refractivity contribution in [1.82, 2.24) is 0 Å². The first kappa shape index (κ1) is 15.3. The highest BCUT2D eigenvalue weighted by Gasteiger charge is 2.16. The molecule has 5 heteroatoms. The van der Waals surface area contributed by atoms with Crippen molar-refractivity contribution in [3.63, 3.8) is 0 Å². The van der Waals surface area contributed by atoms with Gasteiger partial charge in [-0.3, -0.25) is 9.59 Å². The molecule has 1 amide bonds. The number of nitrogens with zero attached hydrogens (tertiary/aromatic N) is 1. The van der Waals surface area contributed by atoms with Gasteiger partial charge in [-0.05, 0) is 31.2 Å². The minimum atomic E-state index is -0.770. The van der Waals surface area contributed by atoms with E-state index >= 15 is 0 Å². The highest BCUT2D eigenvalue weighted by Crippen LogP contribution is 2.17. The zero-order valence-corrected chi connectivity index (χ0v) is 11.9. The standard InChI is InChI=1S/C17H14N2O3/c1-12(22-15-7-4-5-13(9-15)11-20)17(21)19-16-8-3-2-6-14(16)10-18/h2-9,11-12H,1H3,(H,19,21)/t12-/m0/s1. The van der Waals surface area contributed by atoms with Gasteiger partial charge in [0.15, 0.2) is 6.10 Å². The highest BCUT2D eigenvalue weighted by molar-refractivity contribution is 5.95. The van der Waals surface area contributed by atoms with Gasteiger partial charge < -0.3 is 10.1 Å². The molecule has 0 heterocycles. The van der Waals surface area contributed by atoms with Crippen LogP contribution in [-0.2, 0) is 4.79 Å². The number of hydrogen-bond acceptors (Lipinski definition) is 4. The van der Waals surface area contributed by atoms with E-state index in [4.69, 9.17) is 10.00 Å². The lowest BCUT2D eigenvalue weighted by molar-refractivity contribution is -0.122. The molecule has 0 fully saturated rings. The molecule has 0 radical (unpaired) electrons. The van der Waals surface area contributed by atoms with Crippen LogP contribution in [0.1, 0.15) is 22.8 Å². The van der Waals surface area contributed by atoms with E-state index in [1.807, 2.05) is 6.07 Å². The van der Waals surface area contributed by atoms with Gasteiger partial charge in [0.1, 0.15) is 18.1 Å². The molecule has 0 unspecified atom stereocenters. The summed E-state index contributed by atoms with van der Waals surface area (Å²) in [6.45, 7) is 1.60. The van der Waals surface area contributed by atoms with Crippen LogP contribution < -0.4 is 10.1 Å². The summed E-state index contributed by atoms with van der Waals surface area (Å²) in [5.41, 5.74) is 1.29. The second-order valence-corrected chi connectivity index (χ2v) is 4.60. The Hall–Kier alpha value is -3.13. The summed E-state index contributed by atoms with van der Waals surface area (Å²) in [6.07, 6.45) is -0.0607. The number of carbonyl (C=O) groups excluding carboxylic acids is 2. The van der Waals surface area contributed by atoms with Crippen LogP contribution in [0.25, 0.3) is 0 Å². The lowest BCUT2D eigenvalue weighted by atomic mass is 10.2. The molecule has 0 saturated carbocycles. The van der Waals surface area contributed by atoms with Crippen LogP contribution in [0.5, 0.6) is 5.75 Å². The maximum atomic E-state index is 12.1. The largest absolute Gasteiger partial charge is 0.481 e. The van der Waals surface area contributed by atoms with Crippen LogP contribution in [0.15, 0.2) is 48.5 Å². The first-order valence-electron chi connectivity index (χ1n) is 6.66. The predicted molar refractivity (Wildman–Crippen MR) is 81.7 cm³/mol. The Kier molecular flexibility index (Phi) is 4.89. The Morgan fingerprint density at radius 2 is 2.05 bits per heavy atom. The molecular formula is C17H14N2O3. The van der Waals surface area contributed by atoms with Crippen molar-refractivity contribution in [2.45, 2.75) is 13.0 Å². The van der Waals surface area contributed by atoms with E-state index in [0.717, 1.165) is 0 Å². The molecule has 0 bridgehead atoms. The molecule has 1 N–H and O–H groups in total. The molecule has 1 atom stereocenters. The van der Waals surface area contributed by atoms with E-state index in [-0.39, 0.29) is 5.91 Å². The molecule has 0 saturated heterocycles. The monoisotopic (exact) mass is 294 g/mol. The number of amides is 1. The van der Waals surface area contributed by atoms with Crippen LogP contribution in [0.4, 0.5) is 5.69 Å². The normalized spacial score (nSPS) is 11.1. The summed E-state index contributed by atoms with van der Waals surface area (Å²) < 4.78 is 5.51. The van der Waals surface area contributed by atoms with Crippen molar-refractivity contribution in [1.29, 1.82) is 5.26 Å². The summed E-state index contributed by atoms with van der Waals surface area (Å²) in [6, 6.07) is 15.3. The Morgan fingerprint density at radius 3 is 2.77 bits per heavy atom. The fourth-order valence-corrected chi connectivity index (χ4v) is 1.84. The first-order chi connectivity index (χ1) is 10.6. The van der Waals surface area contributed by atoms with Gasteiger partial charge in [-0.1, -0.05) is 24.3 Å². The molecule has 2 rings (SSSR count). The lowest BCUT2D eigenvalue weighted by Crippen LogP contribution is -2.30. The van der Waals surface area contributed by atoms with Crippen molar-refractivity contribution in [2.24, 2.45) is 0 Å². The van der Waals surface area contributed by atoms with E-state index in [2.05, 4.69) is 5.32 Å². The number of rotatable bonds is 5. The Balaban J connectivity index is 2.06. The van der Waals surface area contributed by atoms with Crippen molar-refractivity contribution in [2.75, 3.05) is 5.32 Å². The summed E-state index contributed by atoms with van der Waals surface area (Å²) in [4.78, 5) is 22.8. The molecule has 110 valence electrons. The second kappa shape index (κ2) is 7.04. The molecule has 0 spiro atoms.